The first-order valence-electron chi connectivity index (χ1n) is 20.1. The van der Waals surface area contributed by atoms with Crippen molar-refractivity contribution in [2.24, 2.45) is 0 Å². The summed E-state index contributed by atoms with van der Waals surface area (Å²) in [6, 6.07) is 11.3. The van der Waals surface area contributed by atoms with Crippen molar-refractivity contribution >= 4 is 51.7 Å². The van der Waals surface area contributed by atoms with Gasteiger partial charge in [-0.2, -0.15) is 9.36 Å². The molecule has 6 heterocycles. The van der Waals surface area contributed by atoms with Crippen LogP contribution in [0.2, 0.25) is 5.15 Å². The summed E-state index contributed by atoms with van der Waals surface area (Å²) in [4.78, 5) is 42.3. The Kier molecular flexibility index (Phi) is 14.6. The molecule has 2 amide bonds. The lowest BCUT2D eigenvalue weighted by molar-refractivity contribution is -0.119. The summed E-state index contributed by atoms with van der Waals surface area (Å²) in [5.74, 6) is 4.33. The molecule has 21 nitrogen and oxygen atoms in total. The topological polar surface area (TPSA) is 233 Å². The van der Waals surface area contributed by atoms with E-state index in [9.17, 15) is 9.59 Å². The summed E-state index contributed by atoms with van der Waals surface area (Å²) in [6.07, 6.45) is 1.52. The van der Waals surface area contributed by atoms with Gasteiger partial charge in [0, 0.05) is 50.8 Å². The zero-order valence-corrected chi connectivity index (χ0v) is 37.8. The van der Waals surface area contributed by atoms with Crippen molar-refractivity contribution in [1.29, 1.82) is 0 Å². The summed E-state index contributed by atoms with van der Waals surface area (Å²) in [6.45, 7) is 14.0. The van der Waals surface area contributed by atoms with E-state index in [1.54, 1.807) is 56.9 Å². The highest BCUT2D eigenvalue weighted by Crippen LogP contribution is 2.32. The quantitative estimate of drug-likeness (QED) is 0.172. The average Bonchev–Trinajstić information content (AvgIpc) is 4.08. The molecule has 4 aromatic heterocycles. The number of nitrogens with one attached hydrogen (secondary N) is 3. The van der Waals surface area contributed by atoms with Gasteiger partial charge in [0.1, 0.15) is 17.2 Å². The van der Waals surface area contributed by atoms with Gasteiger partial charge in [-0.3, -0.25) is 4.79 Å². The number of nitrogens with zero attached hydrogens (tertiary/aromatic N) is 11. The molecule has 0 saturated carbocycles. The maximum Gasteiger partial charge on any atom is 0.407 e. The highest BCUT2D eigenvalue weighted by Gasteiger charge is 2.28. The molecule has 2 aromatic carbocycles. The van der Waals surface area contributed by atoms with Crippen molar-refractivity contribution in [3.8, 4) is 34.4 Å². The molecule has 2 aliphatic rings. The van der Waals surface area contributed by atoms with Gasteiger partial charge in [0.15, 0.2) is 56.3 Å². The molecule has 2 fully saturated rings. The number of rotatable bonds is 9. The number of halogens is 1. The molecule has 0 spiro atoms. The minimum Gasteiger partial charge on any atom is -0.493 e. The Balaban J connectivity index is 0.000000170. The van der Waals surface area contributed by atoms with Crippen LogP contribution in [0.5, 0.6) is 23.0 Å². The third kappa shape index (κ3) is 11.3. The van der Waals surface area contributed by atoms with E-state index in [1.807, 2.05) is 52.0 Å². The SMILES string of the molecule is CC(C)(C)OC(=O)N[C@@H]1CCNC1.COc1ccc(-n2nnc3c(Cl)nc(C)nc32)cc1OC.COc1ccc(-n2nnc3c(N4CC[C@@H](NC(C)=O)C4)nc(C)nc32)cc1OC. The normalized spacial score (nSPS) is 15.8. The Morgan fingerprint density at radius 3 is 1.83 bits per heavy atom. The van der Waals surface area contributed by atoms with E-state index in [2.05, 4.69) is 61.4 Å². The number of hydrogen-bond acceptors (Lipinski definition) is 17. The fourth-order valence-corrected chi connectivity index (χ4v) is 7.13. The number of methoxy groups -OCH3 is 4. The van der Waals surface area contributed by atoms with Crippen LogP contribution < -0.4 is 39.8 Å². The average molecular weight is 889 g/mol. The number of hydrogen-bond donors (Lipinski definition) is 3. The first-order chi connectivity index (χ1) is 30.1. The van der Waals surface area contributed by atoms with Crippen LogP contribution in [0.3, 0.4) is 0 Å². The Bertz CT molecular complexity index is 2560. The Morgan fingerprint density at radius 2 is 1.30 bits per heavy atom. The van der Waals surface area contributed by atoms with Gasteiger partial charge in [-0.15, -0.1) is 10.2 Å². The number of anilines is 1. The molecule has 336 valence electrons. The minimum absolute atomic E-state index is 0.0275. The molecule has 8 rings (SSSR count). The lowest BCUT2D eigenvalue weighted by Crippen LogP contribution is -2.40. The highest BCUT2D eigenvalue weighted by atomic mass is 35.5. The van der Waals surface area contributed by atoms with Crippen molar-refractivity contribution in [2.75, 3.05) is 59.5 Å². The smallest absolute Gasteiger partial charge is 0.407 e. The molecule has 22 heteroatoms. The van der Waals surface area contributed by atoms with Crippen LogP contribution in [0, 0.1) is 13.8 Å². The van der Waals surface area contributed by atoms with Crippen LogP contribution in [0.1, 0.15) is 52.2 Å². The molecular weight excluding hydrogens is 836 g/mol. The minimum atomic E-state index is -0.407. The summed E-state index contributed by atoms with van der Waals surface area (Å²) in [5.41, 5.74) is 3.32. The number of aryl methyl sites for hydroxylation is 2. The van der Waals surface area contributed by atoms with Crippen LogP contribution in [-0.2, 0) is 9.53 Å². The second-order valence-corrected chi connectivity index (χ2v) is 15.9. The van der Waals surface area contributed by atoms with Crippen molar-refractivity contribution < 1.29 is 33.3 Å². The van der Waals surface area contributed by atoms with E-state index in [4.69, 9.17) is 35.3 Å². The molecule has 0 bridgehead atoms. The number of ether oxygens (including phenoxy) is 5. The third-order valence-electron chi connectivity index (χ3n) is 9.66. The van der Waals surface area contributed by atoms with Crippen LogP contribution in [0.4, 0.5) is 10.6 Å². The molecular formula is C41H53ClN14O7. The summed E-state index contributed by atoms with van der Waals surface area (Å²) in [7, 11) is 6.34. The van der Waals surface area contributed by atoms with Crippen LogP contribution in [-0.4, -0.2) is 134 Å². The van der Waals surface area contributed by atoms with Gasteiger partial charge in [0.2, 0.25) is 5.91 Å². The van der Waals surface area contributed by atoms with Gasteiger partial charge >= 0.3 is 6.09 Å². The number of benzene rings is 2. The second-order valence-electron chi connectivity index (χ2n) is 15.5. The lowest BCUT2D eigenvalue weighted by Gasteiger charge is -2.21. The Hall–Kier alpha value is -6.61. The van der Waals surface area contributed by atoms with E-state index in [0.717, 1.165) is 49.7 Å². The predicted octanol–water partition coefficient (Wildman–Crippen LogP) is 4.31. The van der Waals surface area contributed by atoms with E-state index >= 15 is 0 Å². The summed E-state index contributed by atoms with van der Waals surface area (Å²) < 4.78 is 29.6. The monoisotopic (exact) mass is 888 g/mol. The maximum absolute atomic E-state index is 11.4. The van der Waals surface area contributed by atoms with Crippen molar-refractivity contribution in [3.05, 3.63) is 53.2 Å². The molecule has 63 heavy (non-hydrogen) atoms. The first-order valence-corrected chi connectivity index (χ1v) is 20.5. The van der Waals surface area contributed by atoms with Gasteiger partial charge in [0.25, 0.3) is 0 Å². The molecule has 2 atom stereocenters. The molecule has 3 N–H and O–H groups in total. The summed E-state index contributed by atoms with van der Waals surface area (Å²) >= 11 is 6.06. The number of alkyl carbamates (subject to hydrolysis) is 1. The fourth-order valence-electron chi connectivity index (χ4n) is 6.88. The largest absolute Gasteiger partial charge is 0.493 e. The van der Waals surface area contributed by atoms with Crippen molar-refractivity contribution in [2.45, 2.75) is 72.1 Å². The number of aromatic nitrogens is 10. The van der Waals surface area contributed by atoms with Crippen LogP contribution >= 0.6 is 11.6 Å². The maximum atomic E-state index is 11.4. The highest BCUT2D eigenvalue weighted by molar-refractivity contribution is 6.33. The van der Waals surface area contributed by atoms with E-state index < -0.39 is 5.60 Å². The van der Waals surface area contributed by atoms with Gasteiger partial charge in [0.05, 0.1) is 39.8 Å². The van der Waals surface area contributed by atoms with Crippen molar-refractivity contribution in [1.82, 2.24) is 65.9 Å². The second kappa shape index (κ2) is 20.1. The van der Waals surface area contributed by atoms with Gasteiger partial charge in [-0.1, -0.05) is 22.0 Å². The van der Waals surface area contributed by atoms with E-state index in [1.165, 1.54) is 6.92 Å². The van der Waals surface area contributed by atoms with E-state index in [0.29, 0.717) is 63.5 Å². The van der Waals surface area contributed by atoms with Gasteiger partial charge < -0.3 is 44.5 Å². The third-order valence-corrected chi connectivity index (χ3v) is 9.93. The molecule has 2 saturated heterocycles. The number of amides is 2. The number of carbonyl (C=O) groups is 2. The number of carbonyl (C=O) groups excluding carboxylic acids is 2. The van der Waals surface area contributed by atoms with E-state index in [-0.39, 0.29) is 29.2 Å². The fraction of sp³-hybridized carbons (Fsp3) is 0.463. The zero-order chi connectivity index (χ0) is 45.4. The van der Waals surface area contributed by atoms with Crippen LogP contribution in [0.25, 0.3) is 33.7 Å². The van der Waals surface area contributed by atoms with Crippen molar-refractivity contribution in [3.63, 3.8) is 0 Å². The standard InChI is InChI=1S/C19H23N7O3.C13H12ClN5O2.C9H18N2O2/c1-11-20-18(25-8-7-13(10-25)22-12(2)27)17-19(21-11)26(24-23-17)14-5-6-15(28-3)16(9-14)29-4;1-7-15-12(14)11-13(16-7)19(18-17-11)8-4-5-9(20-2)10(6-8)21-3;1-9(2,3)13-8(12)11-7-4-5-10-6-7/h5-6,9,13H,7-8,10H2,1-4H3,(H,22,27);4-6H,1-3H3;7,10H,4-6H2,1-3H3,(H,11,12)/t13-;;7-/m1.1/s1. The number of fused-ring (bicyclic) bond motifs is 2. The Morgan fingerprint density at radius 1 is 0.746 bits per heavy atom. The first kappa shape index (κ1) is 45.9. The Labute approximate surface area is 369 Å². The molecule has 2 aliphatic heterocycles. The lowest BCUT2D eigenvalue weighted by atomic mass is 10.2. The molecule has 0 unspecified atom stereocenters. The van der Waals surface area contributed by atoms with Crippen LogP contribution in [0.15, 0.2) is 36.4 Å². The molecule has 0 radical (unpaired) electrons. The predicted molar refractivity (Wildman–Crippen MR) is 235 cm³/mol. The molecule has 6 aromatic rings. The zero-order valence-electron chi connectivity index (χ0n) is 37.0. The van der Waals surface area contributed by atoms with Gasteiger partial charge in [-0.05, 0) is 78.3 Å². The summed E-state index contributed by atoms with van der Waals surface area (Å²) in [5, 5.41) is 26.0. The molecule has 0 aliphatic carbocycles. The van der Waals surface area contributed by atoms with Gasteiger partial charge in [-0.25, -0.2) is 24.7 Å².